The molecule has 0 aromatic heterocycles. The first kappa shape index (κ1) is 29.1. The lowest BCUT2D eigenvalue weighted by Gasteiger charge is -2.46. The molecule has 6 aliphatic heterocycles. The summed E-state index contributed by atoms with van der Waals surface area (Å²) < 4.78 is 0. The number of fused-ring (bicyclic) bond motifs is 8. The molecule has 10 heteroatoms. The predicted molar refractivity (Wildman–Crippen MR) is 187 cm³/mol. The zero-order valence-electron chi connectivity index (χ0n) is 27.5. The van der Waals surface area contributed by atoms with E-state index in [1.807, 2.05) is 48.5 Å². The number of hydrogen-bond acceptors (Lipinski definition) is 8. The van der Waals surface area contributed by atoms with Crippen LogP contribution in [0.25, 0.3) is 21.5 Å². The number of carbonyl (C=O) groups is 4. The highest BCUT2D eigenvalue weighted by atomic mass is 16.2. The van der Waals surface area contributed by atoms with E-state index in [9.17, 15) is 19.2 Å². The summed E-state index contributed by atoms with van der Waals surface area (Å²) in [6.07, 6.45) is 4.64. The van der Waals surface area contributed by atoms with Gasteiger partial charge in [0.2, 0.25) is 0 Å². The van der Waals surface area contributed by atoms with Crippen LogP contribution in [0.2, 0.25) is 0 Å². The molecule has 10 nitrogen and oxygen atoms in total. The third kappa shape index (κ3) is 4.26. The maximum atomic E-state index is 14.0. The molecule has 49 heavy (non-hydrogen) atoms. The van der Waals surface area contributed by atoms with E-state index >= 15 is 0 Å². The van der Waals surface area contributed by atoms with E-state index in [1.165, 1.54) is 9.80 Å². The van der Waals surface area contributed by atoms with Crippen molar-refractivity contribution in [1.82, 2.24) is 19.6 Å². The number of anilines is 2. The summed E-state index contributed by atoms with van der Waals surface area (Å²) in [6, 6.07) is 15.7. The molecule has 2 fully saturated rings. The van der Waals surface area contributed by atoms with Gasteiger partial charge in [-0.1, -0.05) is 24.3 Å². The number of amides is 4. The zero-order chi connectivity index (χ0) is 33.0. The van der Waals surface area contributed by atoms with Crippen molar-refractivity contribution < 1.29 is 19.2 Å². The van der Waals surface area contributed by atoms with E-state index in [0.29, 0.717) is 68.2 Å². The van der Waals surface area contributed by atoms with Gasteiger partial charge in [0.15, 0.2) is 0 Å². The quantitative estimate of drug-likeness (QED) is 0.278. The van der Waals surface area contributed by atoms with Crippen LogP contribution in [0.15, 0.2) is 48.5 Å². The summed E-state index contributed by atoms with van der Waals surface area (Å²) in [5.74, 6) is -0.866. The van der Waals surface area contributed by atoms with Gasteiger partial charge in [0.25, 0.3) is 23.6 Å². The van der Waals surface area contributed by atoms with Gasteiger partial charge < -0.3 is 19.6 Å². The van der Waals surface area contributed by atoms with Gasteiger partial charge in [-0.3, -0.25) is 29.0 Å². The average Bonchev–Trinajstić information content (AvgIpc) is 3.84. The first-order valence-corrected chi connectivity index (χ1v) is 17.8. The number of likely N-dealkylation sites (tertiary alicyclic amines) is 2. The van der Waals surface area contributed by atoms with E-state index in [-0.39, 0.29) is 23.6 Å². The SMILES string of the molecule is O=C1c2cccc3c4c(cc(c23)C(=O)N1CCN1CCCC1)CN1CN4Cc2cc3c4c(cccc4c21)C(=O)N(CCN1CCCC1)C3=O. The molecule has 10 rings (SSSR count). The first-order chi connectivity index (χ1) is 24.0. The fourth-order valence-corrected chi connectivity index (χ4v) is 9.42. The van der Waals surface area contributed by atoms with Crippen LogP contribution in [0.3, 0.4) is 0 Å². The third-order valence-corrected chi connectivity index (χ3v) is 11.7. The highest BCUT2D eigenvalue weighted by Gasteiger charge is 2.40. The smallest absolute Gasteiger partial charge is 0.261 e. The monoisotopic (exact) mass is 654 g/mol. The molecule has 2 saturated heterocycles. The van der Waals surface area contributed by atoms with Crippen molar-refractivity contribution in [2.24, 2.45) is 0 Å². The van der Waals surface area contributed by atoms with Crippen LogP contribution < -0.4 is 9.80 Å². The van der Waals surface area contributed by atoms with Gasteiger partial charge in [-0.2, -0.15) is 0 Å². The van der Waals surface area contributed by atoms with Crippen LogP contribution in [-0.4, -0.2) is 102 Å². The number of benzene rings is 4. The van der Waals surface area contributed by atoms with E-state index < -0.39 is 0 Å². The van der Waals surface area contributed by atoms with E-state index in [1.54, 1.807) is 0 Å². The Labute approximate surface area is 284 Å². The Morgan fingerprint density at radius 1 is 0.490 bits per heavy atom. The second-order valence-electron chi connectivity index (χ2n) is 14.5. The van der Waals surface area contributed by atoms with Crippen molar-refractivity contribution in [3.8, 4) is 0 Å². The normalized spacial score (nSPS) is 20.3. The van der Waals surface area contributed by atoms with Crippen molar-refractivity contribution in [2.45, 2.75) is 38.8 Å². The summed E-state index contributed by atoms with van der Waals surface area (Å²) >= 11 is 0. The molecular formula is C39H38N6O4. The van der Waals surface area contributed by atoms with Gasteiger partial charge >= 0.3 is 0 Å². The van der Waals surface area contributed by atoms with Gasteiger partial charge in [-0.25, -0.2) is 0 Å². The number of hydrogen-bond donors (Lipinski definition) is 0. The molecule has 0 N–H and O–H groups in total. The number of imide groups is 2. The van der Waals surface area contributed by atoms with Crippen LogP contribution in [-0.2, 0) is 13.1 Å². The van der Waals surface area contributed by atoms with Gasteiger partial charge in [0, 0.05) is 83.1 Å². The van der Waals surface area contributed by atoms with Crippen LogP contribution in [0.5, 0.6) is 0 Å². The molecule has 4 amide bonds. The predicted octanol–water partition coefficient (Wildman–Crippen LogP) is 4.67. The van der Waals surface area contributed by atoms with Gasteiger partial charge in [-0.15, -0.1) is 0 Å². The van der Waals surface area contributed by atoms with Crippen molar-refractivity contribution in [3.63, 3.8) is 0 Å². The minimum absolute atomic E-state index is 0.215. The van der Waals surface area contributed by atoms with E-state index in [0.717, 1.165) is 95.9 Å². The first-order valence-electron chi connectivity index (χ1n) is 17.8. The van der Waals surface area contributed by atoms with Crippen molar-refractivity contribution in [3.05, 3.63) is 81.9 Å². The van der Waals surface area contributed by atoms with Gasteiger partial charge in [0.05, 0.1) is 18.0 Å². The summed E-state index contributed by atoms with van der Waals surface area (Å²) in [5, 5.41) is 3.34. The minimum Gasteiger partial charge on any atom is -0.349 e. The molecule has 0 radical (unpaired) electrons. The number of nitrogens with zero attached hydrogens (tertiary/aromatic N) is 6. The van der Waals surface area contributed by atoms with Crippen molar-refractivity contribution in [1.29, 1.82) is 0 Å². The Morgan fingerprint density at radius 3 is 1.33 bits per heavy atom. The van der Waals surface area contributed by atoms with E-state index in [4.69, 9.17) is 0 Å². The summed E-state index contributed by atoms with van der Waals surface area (Å²) in [5.41, 5.74) is 6.53. The Kier molecular flexibility index (Phi) is 6.45. The van der Waals surface area contributed by atoms with Gasteiger partial charge in [0.1, 0.15) is 0 Å². The molecule has 4 aromatic rings. The molecule has 6 heterocycles. The zero-order valence-corrected chi connectivity index (χ0v) is 27.5. The second-order valence-corrected chi connectivity index (χ2v) is 14.5. The number of carbonyl (C=O) groups excluding carboxylic acids is 4. The summed E-state index contributed by atoms with van der Waals surface area (Å²) in [6.45, 7) is 8.01. The summed E-state index contributed by atoms with van der Waals surface area (Å²) in [4.78, 5) is 67.8. The van der Waals surface area contributed by atoms with Crippen molar-refractivity contribution >= 4 is 56.5 Å². The van der Waals surface area contributed by atoms with Crippen LogP contribution >= 0.6 is 0 Å². The Balaban J connectivity index is 1.04. The molecule has 4 aromatic carbocycles. The Hall–Kier alpha value is -4.80. The maximum Gasteiger partial charge on any atom is 0.261 e. The molecule has 0 saturated carbocycles. The van der Waals surface area contributed by atoms with Gasteiger partial charge in [-0.05, 0) is 87.3 Å². The summed E-state index contributed by atoms with van der Waals surface area (Å²) in [7, 11) is 0. The minimum atomic E-state index is -0.218. The molecule has 0 unspecified atom stereocenters. The van der Waals surface area contributed by atoms with E-state index in [2.05, 4.69) is 19.6 Å². The largest absolute Gasteiger partial charge is 0.349 e. The lowest BCUT2D eigenvalue weighted by atomic mass is 9.86. The molecular weight excluding hydrogens is 616 g/mol. The second kappa shape index (κ2) is 10.9. The fraction of sp³-hybridized carbons (Fsp3) is 0.385. The van der Waals surface area contributed by atoms with Crippen LogP contribution in [0.4, 0.5) is 11.4 Å². The molecule has 2 bridgehead atoms. The third-order valence-electron chi connectivity index (χ3n) is 11.7. The topological polar surface area (TPSA) is 87.7 Å². The highest BCUT2D eigenvalue weighted by Crippen LogP contribution is 2.48. The molecule has 0 aliphatic carbocycles. The fourth-order valence-electron chi connectivity index (χ4n) is 9.42. The molecule has 0 spiro atoms. The van der Waals surface area contributed by atoms with Crippen LogP contribution in [0.1, 0.15) is 78.2 Å². The Morgan fingerprint density at radius 2 is 0.898 bits per heavy atom. The van der Waals surface area contributed by atoms with Crippen molar-refractivity contribution in [2.75, 3.05) is 68.8 Å². The lowest BCUT2D eigenvalue weighted by molar-refractivity contribution is 0.0581. The molecule has 6 aliphatic rings. The lowest BCUT2D eigenvalue weighted by Crippen LogP contribution is -2.48. The highest BCUT2D eigenvalue weighted by molar-refractivity contribution is 6.28. The standard InChI is InChI=1S/C39H38N6O4/c46-36-28-9-5-7-26-32(28)30(38(48)44(36)17-15-40-11-1-2-12-40)19-24-21-42-23-43(34(24)26)22-25-20-31-33-27(35(25)42)8-6-10-29(33)37(47)45(39(31)49)18-16-41-13-3-4-14-41/h5-10,19-20H,1-4,11-18,21-23H2. The average molecular weight is 655 g/mol. The molecule has 0 atom stereocenters. The Bertz CT molecular complexity index is 2000. The van der Waals surface area contributed by atoms with Crippen LogP contribution in [0, 0.1) is 0 Å². The molecule has 248 valence electrons. The maximum absolute atomic E-state index is 14.0. The number of rotatable bonds is 6.